The number of nitrogens with one attached hydrogen (secondary N) is 1. The summed E-state index contributed by atoms with van der Waals surface area (Å²) in [5, 5.41) is 7.58. The molecule has 112 valence electrons. The molecule has 0 saturated carbocycles. The van der Waals surface area contributed by atoms with Gasteiger partial charge in [0.1, 0.15) is 11.1 Å². The topological polar surface area (TPSA) is 73.0 Å². The average molecular weight is 296 g/mol. The van der Waals surface area contributed by atoms with Crippen molar-refractivity contribution in [1.29, 1.82) is 0 Å². The lowest BCUT2D eigenvalue weighted by Gasteiger charge is -2.20. The summed E-state index contributed by atoms with van der Waals surface area (Å²) in [7, 11) is 0. The van der Waals surface area contributed by atoms with Gasteiger partial charge in [-0.3, -0.25) is 10.1 Å². The Morgan fingerprint density at radius 3 is 2.82 bits per heavy atom. The Labute approximate surface area is 126 Å². The zero-order valence-corrected chi connectivity index (χ0v) is 12.6. The van der Waals surface area contributed by atoms with Crippen LogP contribution in [0, 0.1) is 0 Å². The number of fused-ring (bicyclic) bond motifs is 3. The molecule has 7 nitrogen and oxygen atoms in total. The molecule has 0 aliphatic carbocycles. The van der Waals surface area contributed by atoms with E-state index >= 15 is 0 Å². The molecule has 0 radical (unpaired) electrons. The van der Waals surface area contributed by atoms with Crippen molar-refractivity contribution in [2.45, 2.75) is 26.4 Å². The van der Waals surface area contributed by atoms with Crippen LogP contribution in [0.3, 0.4) is 0 Å². The molecular weight excluding hydrogens is 280 g/mol. The van der Waals surface area contributed by atoms with Crippen LogP contribution >= 0.6 is 0 Å². The van der Waals surface area contributed by atoms with Crippen LogP contribution in [0.4, 0.5) is 0 Å². The summed E-state index contributed by atoms with van der Waals surface area (Å²) >= 11 is 0. The first kappa shape index (κ1) is 12.9. The third-order valence-corrected chi connectivity index (χ3v) is 3.24. The molecule has 4 heterocycles. The molecular formula is C15H16N6O. The third-order valence-electron chi connectivity index (χ3n) is 3.24. The molecule has 0 aliphatic heterocycles. The number of aromatic amines is 1. The van der Waals surface area contributed by atoms with Crippen molar-refractivity contribution in [2.75, 3.05) is 0 Å². The minimum absolute atomic E-state index is 0.335. The van der Waals surface area contributed by atoms with Gasteiger partial charge in [-0.2, -0.15) is 5.10 Å². The Morgan fingerprint density at radius 2 is 2.09 bits per heavy atom. The number of imidazole rings is 1. The summed E-state index contributed by atoms with van der Waals surface area (Å²) in [5.74, 6) is 0.629. The molecule has 0 amide bonds. The monoisotopic (exact) mass is 296 g/mol. The smallest absolute Gasteiger partial charge is 0.237 e. The van der Waals surface area contributed by atoms with Crippen LogP contribution in [-0.2, 0) is 0 Å². The second-order valence-corrected chi connectivity index (χ2v) is 6.09. The molecule has 22 heavy (non-hydrogen) atoms. The van der Waals surface area contributed by atoms with E-state index in [9.17, 15) is 0 Å². The molecule has 0 bridgehead atoms. The first-order chi connectivity index (χ1) is 10.5. The summed E-state index contributed by atoms with van der Waals surface area (Å²) in [6.07, 6.45) is 7.11. The van der Waals surface area contributed by atoms with E-state index < -0.39 is 0 Å². The number of H-pyrrole nitrogens is 1. The van der Waals surface area contributed by atoms with E-state index in [0.29, 0.717) is 5.88 Å². The van der Waals surface area contributed by atoms with Crippen molar-refractivity contribution in [3.63, 3.8) is 0 Å². The summed E-state index contributed by atoms with van der Waals surface area (Å²) < 4.78 is 9.68. The Kier molecular flexibility index (Phi) is 2.53. The fourth-order valence-electron chi connectivity index (χ4n) is 2.44. The highest BCUT2D eigenvalue weighted by Gasteiger charge is 2.23. The van der Waals surface area contributed by atoms with Gasteiger partial charge in [0.25, 0.3) is 0 Å². The van der Waals surface area contributed by atoms with Crippen molar-refractivity contribution < 1.29 is 4.74 Å². The highest BCUT2D eigenvalue weighted by atomic mass is 16.5. The Bertz CT molecular complexity index is 942. The summed E-state index contributed by atoms with van der Waals surface area (Å²) in [5.41, 5.74) is 2.98. The quantitative estimate of drug-likeness (QED) is 0.617. The summed E-state index contributed by atoms with van der Waals surface area (Å²) in [4.78, 5) is 8.84. The minimum atomic E-state index is -0.335. The molecule has 0 spiro atoms. The summed E-state index contributed by atoms with van der Waals surface area (Å²) in [6, 6.07) is 3.75. The fourth-order valence-corrected chi connectivity index (χ4v) is 2.44. The number of hydrogen-bond donors (Lipinski definition) is 1. The average Bonchev–Trinajstić information content (AvgIpc) is 3.12. The van der Waals surface area contributed by atoms with Gasteiger partial charge in [0.15, 0.2) is 11.3 Å². The molecule has 0 unspecified atom stereocenters. The predicted octanol–water partition coefficient (Wildman–Crippen LogP) is 2.57. The number of aromatic nitrogens is 6. The van der Waals surface area contributed by atoms with Gasteiger partial charge in [0.05, 0.1) is 11.7 Å². The number of ether oxygens (including phenoxy) is 1. The van der Waals surface area contributed by atoms with Crippen molar-refractivity contribution >= 4 is 16.7 Å². The van der Waals surface area contributed by atoms with Crippen LogP contribution in [0.15, 0.2) is 36.9 Å². The molecule has 0 aromatic carbocycles. The molecule has 4 aromatic heterocycles. The Hall–Kier alpha value is -2.83. The first-order valence-corrected chi connectivity index (χ1v) is 7.06. The van der Waals surface area contributed by atoms with Gasteiger partial charge >= 0.3 is 0 Å². The predicted molar refractivity (Wildman–Crippen MR) is 82.3 cm³/mol. The van der Waals surface area contributed by atoms with Crippen LogP contribution in [0.5, 0.6) is 5.88 Å². The van der Waals surface area contributed by atoms with Gasteiger partial charge in [0, 0.05) is 18.6 Å². The van der Waals surface area contributed by atoms with Gasteiger partial charge < -0.3 is 4.74 Å². The van der Waals surface area contributed by atoms with Gasteiger partial charge in [-0.25, -0.2) is 14.2 Å². The molecule has 7 heteroatoms. The highest BCUT2D eigenvalue weighted by Crippen LogP contribution is 2.31. The normalized spacial score (nSPS) is 12.3. The minimum Gasteiger partial charge on any atom is -0.471 e. The van der Waals surface area contributed by atoms with Crippen molar-refractivity contribution in [3.05, 3.63) is 36.9 Å². The largest absolute Gasteiger partial charge is 0.471 e. The maximum Gasteiger partial charge on any atom is 0.237 e. The van der Waals surface area contributed by atoms with Crippen LogP contribution in [0.1, 0.15) is 20.8 Å². The number of hydrogen-bond acceptors (Lipinski definition) is 4. The first-order valence-electron chi connectivity index (χ1n) is 7.06. The summed E-state index contributed by atoms with van der Waals surface area (Å²) in [6.45, 7) is 6.01. The van der Waals surface area contributed by atoms with Crippen molar-refractivity contribution in [1.82, 2.24) is 29.4 Å². The van der Waals surface area contributed by atoms with E-state index in [1.54, 1.807) is 23.3 Å². The van der Waals surface area contributed by atoms with Crippen LogP contribution in [-0.4, -0.2) is 35.0 Å². The third kappa shape index (κ3) is 1.93. The van der Waals surface area contributed by atoms with Gasteiger partial charge in [-0.1, -0.05) is 0 Å². The van der Waals surface area contributed by atoms with E-state index in [2.05, 4.69) is 20.2 Å². The Morgan fingerprint density at radius 1 is 1.23 bits per heavy atom. The molecule has 1 N–H and O–H groups in total. The van der Waals surface area contributed by atoms with E-state index in [0.717, 1.165) is 22.4 Å². The number of rotatable bonds is 2. The lowest BCUT2D eigenvalue weighted by molar-refractivity contribution is 0.123. The van der Waals surface area contributed by atoms with E-state index in [1.807, 2.05) is 43.6 Å². The van der Waals surface area contributed by atoms with Crippen LogP contribution < -0.4 is 4.74 Å². The maximum absolute atomic E-state index is 6.05. The van der Waals surface area contributed by atoms with Gasteiger partial charge in [0.2, 0.25) is 5.88 Å². The highest BCUT2D eigenvalue weighted by molar-refractivity contribution is 5.83. The maximum atomic E-state index is 6.05. The van der Waals surface area contributed by atoms with E-state index in [4.69, 9.17) is 4.74 Å². The van der Waals surface area contributed by atoms with Gasteiger partial charge in [-0.05, 0) is 32.9 Å². The SMILES string of the molecule is CC(C)(C)Oc1[nH]n2c(nc3ccncc32)c1-n1cccn1. The molecule has 0 atom stereocenters. The molecule has 0 fully saturated rings. The second-order valence-electron chi connectivity index (χ2n) is 6.09. The second kappa shape index (κ2) is 4.33. The number of pyridine rings is 1. The van der Waals surface area contributed by atoms with Crippen LogP contribution in [0.2, 0.25) is 0 Å². The fraction of sp³-hybridized carbons (Fsp3) is 0.267. The van der Waals surface area contributed by atoms with E-state index in [1.165, 1.54) is 0 Å². The van der Waals surface area contributed by atoms with Gasteiger partial charge in [-0.15, -0.1) is 0 Å². The Balaban J connectivity index is 2.04. The molecule has 0 saturated heterocycles. The van der Waals surface area contributed by atoms with Crippen molar-refractivity contribution in [2.24, 2.45) is 0 Å². The number of nitrogens with zero attached hydrogens (tertiary/aromatic N) is 5. The zero-order chi connectivity index (χ0) is 15.3. The van der Waals surface area contributed by atoms with Crippen LogP contribution in [0.25, 0.3) is 22.4 Å². The molecule has 4 rings (SSSR count). The van der Waals surface area contributed by atoms with Crippen molar-refractivity contribution in [3.8, 4) is 11.6 Å². The lowest BCUT2D eigenvalue weighted by Crippen LogP contribution is -2.24. The molecule has 4 aromatic rings. The standard InChI is InChI=1S/C15H16N6O/c1-15(2,3)22-14-12(20-8-4-6-17-20)13-18-10-5-7-16-9-11(10)21(13)19-14/h4-9,19H,1-3H3. The zero-order valence-electron chi connectivity index (χ0n) is 12.6. The van der Waals surface area contributed by atoms with E-state index in [-0.39, 0.29) is 5.60 Å². The lowest BCUT2D eigenvalue weighted by atomic mass is 10.2. The molecule has 0 aliphatic rings.